The molecule has 28 heavy (non-hydrogen) atoms. The number of benzene rings is 2. The normalized spacial score (nSPS) is 11.2. The Kier molecular flexibility index (Phi) is 7.11. The Bertz CT molecular complexity index is 898. The van der Waals surface area contributed by atoms with Gasteiger partial charge in [0.2, 0.25) is 5.75 Å². The van der Waals surface area contributed by atoms with Gasteiger partial charge in [0, 0.05) is 17.6 Å². The largest absolute Gasteiger partial charge is 0.450 e. The number of carbonyl (C=O) groups is 2. The zero-order valence-electron chi connectivity index (χ0n) is 14.9. The lowest BCUT2D eigenvalue weighted by Crippen LogP contribution is -2.35. The number of rotatable bonds is 8. The molecule has 0 aliphatic heterocycles. The van der Waals surface area contributed by atoms with Gasteiger partial charge in [0.1, 0.15) is 5.75 Å². The summed E-state index contributed by atoms with van der Waals surface area (Å²) in [7, 11) is 0. The van der Waals surface area contributed by atoms with Gasteiger partial charge in [-0.25, -0.2) is 4.79 Å². The topological polar surface area (TPSA) is 108 Å². The third kappa shape index (κ3) is 5.55. The summed E-state index contributed by atoms with van der Waals surface area (Å²) in [5.41, 5.74) is -0.0864. The van der Waals surface area contributed by atoms with Gasteiger partial charge in [-0.05, 0) is 43.3 Å². The number of nitrogens with zero attached hydrogens (tertiary/aromatic N) is 1. The highest BCUT2D eigenvalue weighted by molar-refractivity contribution is 6.30. The Morgan fingerprint density at radius 2 is 1.96 bits per heavy atom. The molecular weight excluding hydrogens is 388 g/mol. The minimum Gasteiger partial charge on any atom is -0.450 e. The molecule has 0 aliphatic rings. The molecule has 0 heterocycles. The summed E-state index contributed by atoms with van der Waals surface area (Å²) in [6.07, 6.45) is 0.538. The SMILES string of the molecule is C=CCNC(=O)[C@@H](C)OC(=O)c1ccc(Oc2ccc(Cl)cc2[N+](=O)[O-])cc1. The van der Waals surface area contributed by atoms with Crippen LogP contribution in [0.2, 0.25) is 5.02 Å². The van der Waals surface area contributed by atoms with Gasteiger partial charge in [0.15, 0.2) is 6.10 Å². The Balaban J connectivity index is 2.05. The number of hydrogen-bond acceptors (Lipinski definition) is 6. The molecule has 1 amide bonds. The first-order chi connectivity index (χ1) is 13.3. The molecule has 9 heteroatoms. The third-order valence-corrected chi connectivity index (χ3v) is 3.74. The highest BCUT2D eigenvalue weighted by atomic mass is 35.5. The van der Waals surface area contributed by atoms with Crippen molar-refractivity contribution < 1.29 is 24.0 Å². The summed E-state index contributed by atoms with van der Waals surface area (Å²) in [5, 5.41) is 13.8. The Morgan fingerprint density at radius 1 is 1.29 bits per heavy atom. The van der Waals surface area contributed by atoms with E-state index in [0.29, 0.717) is 0 Å². The van der Waals surface area contributed by atoms with E-state index in [4.69, 9.17) is 21.1 Å². The molecule has 0 saturated carbocycles. The van der Waals surface area contributed by atoms with Crippen LogP contribution in [-0.2, 0) is 9.53 Å². The quantitative estimate of drug-likeness (QED) is 0.309. The molecule has 0 spiro atoms. The number of halogens is 1. The fourth-order valence-electron chi connectivity index (χ4n) is 2.10. The van der Waals surface area contributed by atoms with Crippen molar-refractivity contribution in [3.63, 3.8) is 0 Å². The summed E-state index contributed by atoms with van der Waals surface area (Å²) in [6, 6.07) is 9.79. The van der Waals surface area contributed by atoms with Gasteiger partial charge in [-0.3, -0.25) is 14.9 Å². The predicted octanol–water partition coefficient (Wildman–Crippen LogP) is 3.89. The van der Waals surface area contributed by atoms with E-state index in [9.17, 15) is 19.7 Å². The summed E-state index contributed by atoms with van der Waals surface area (Å²) in [5.74, 6) is -0.843. The van der Waals surface area contributed by atoms with E-state index in [1.54, 1.807) is 0 Å². The zero-order chi connectivity index (χ0) is 20.7. The molecule has 8 nitrogen and oxygen atoms in total. The second-order valence-corrected chi connectivity index (χ2v) is 6.01. The van der Waals surface area contributed by atoms with Gasteiger partial charge >= 0.3 is 11.7 Å². The fraction of sp³-hybridized carbons (Fsp3) is 0.158. The van der Waals surface area contributed by atoms with E-state index in [2.05, 4.69) is 11.9 Å². The lowest BCUT2D eigenvalue weighted by atomic mass is 10.2. The van der Waals surface area contributed by atoms with Crippen LogP contribution in [0.4, 0.5) is 5.69 Å². The minimum absolute atomic E-state index is 0.0113. The molecule has 0 bridgehead atoms. The molecule has 2 aromatic carbocycles. The molecule has 0 saturated heterocycles. The van der Waals surface area contributed by atoms with Gasteiger partial charge in [-0.15, -0.1) is 6.58 Å². The number of amides is 1. The predicted molar refractivity (Wildman–Crippen MR) is 103 cm³/mol. The van der Waals surface area contributed by atoms with Gasteiger partial charge in [0.25, 0.3) is 5.91 Å². The average Bonchev–Trinajstić information content (AvgIpc) is 2.67. The maximum absolute atomic E-state index is 12.1. The van der Waals surface area contributed by atoms with Crippen molar-refractivity contribution in [2.75, 3.05) is 6.54 Å². The highest BCUT2D eigenvalue weighted by Crippen LogP contribution is 2.33. The van der Waals surface area contributed by atoms with Crippen LogP contribution in [0.1, 0.15) is 17.3 Å². The first-order valence-corrected chi connectivity index (χ1v) is 8.51. The molecule has 2 aromatic rings. The monoisotopic (exact) mass is 404 g/mol. The smallest absolute Gasteiger partial charge is 0.338 e. The van der Waals surface area contributed by atoms with E-state index >= 15 is 0 Å². The molecular formula is C19H17ClN2O6. The van der Waals surface area contributed by atoms with Crippen LogP contribution in [0.5, 0.6) is 11.5 Å². The molecule has 1 atom stereocenters. The number of ether oxygens (including phenoxy) is 2. The van der Waals surface area contributed by atoms with E-state index < -0.39 is 22.9 Å². The summed E-state index contributed by atoms with van der Waals surface area (Å²) in [6.45, 7) is 5.20. The van der Waals surface area contributed by atoms with Crippen molar-refractivity contribution in [3.8, 4) is 11.5 Å². The summed E-state index contributed by atoms with van der Waals surface area (Å²) >= 11 is 5.77. The van der Waals surface area contributed by atoms with Crippen molar-refractivity contribution in [2.45, 2.75) is 13.0 Å². The van der Waals surface area contributed by atoms with Crippen molar-refractivity contribution in [2.24, 2.45) is 0 Å². The number of hydrogen-bond donors (Lipinski definition) is 1. The summed E-state index contributed by atoms with van der Waals surface area (Å²) in [4.78, 5) is 34.3. The second-order valence-electron chi connectivity index (χ2n) is 5.58. The van der Waals surface area contributed by atoms with Gasteiger partial charge in [-0.2, -0.15) is 0 Å². The van der Waals surface area contributed by atoms with Crippen LogP contribution in [-0.4, -0.2) is 29.4 Å². The van der Waals surface area contributed by atoms with Crippen molar-refractivity contribution in [3.05, 3.63) is 75.8 Å². The molecule has 0 aliphatic carbocycles. The molecule has 146 valence electrons. The van der Waals surface area contributed by atoms with Crippen molar-refractivity contribution in [1.82, 2.24) is 5.32 Å². The van der Waals surface area contributed by atoms with Crippen LogP contribution >= 0.6 is 11.6 Å². The molecule has 0 unspecified atom stereocenters. The van der Waals surface area contributed by atoms with Crippen molar-refractivity contribution in [1.29, 1.82) is 0 Å². The second kappa shape index (κ2) is 9.52. The first kappa shape index (κ1) is 20.9. The van der Waals surface area contributed by atoms with E-state index in [1.165, 1.54) is 55.5 Å². The third-order valence-electron chi connectivity index (χ3n) is 3.51. The molecule has 0 aromatic heterocycles. The van der Waals surface area contributed by atoms with E-state index in [-0.39, 0.29) is 34.3 Å². The van der Waals surface area contributed by atoms with Gasteiger partial charge in [-0.1, -0.05) is 17.7 Å². The maximum atomic E-state index is 12.1. The Labute approximate surface area is 165 Å². The van der Waals surface area contributed by atoms with Crippen molar-refractivity contribution >= 4 is 29.2 Å². The van der Waals surface area contributed by atoms with Gasteiger partial charge < -0.3 is 14.8 Å². The molecule has 1 N–H and O–H groups in total. The number of nitro benzene ring substituents is 1. The van der Waals surface area contributed by atoms with Crippen LogP contribution in [0.15, 0.2) is 55.1 Å². The van der Waals surface area contributed by atoms with Gasteiger partial charge in [0.05, 0.1) is 10.5 Å². The average molecular weight is 405 g/mol. The van der Waals surface area contributed by atoms with Crippen LogP contribution in [0, 0.1) is 10.1 Å². The minimum atomic E-state index is -0.972. The Morgan fingerprint density at radius 3 is 2.57 bits per heavy atom. The maximum Gasteiger partial charge on any atom is 0.338 e. The Hall–Kier alpha value is -3.39. The fourth-order valence-corrected chi connectivity index (χ4v) is 2.27. The zero-order valence-corrected chi connectivity index (χ0v) is 15.6. The standard InChI is InChI=1S/C19H17ClN2O6/c1-3-10-21-18(23)12(2)27-19(24)13-4-7-15(8-5-13)28-17-9-6-14(20)11-16(17)22(25)26/h3-9,11-12H,1,10H2,2H3,(H,21,23)/t12-/m1/s1. The molecule has 2 rings (SSSR count). The number of carbonyl (C=O) groups excluding carboxylic acids is 2. The molecule has 0 fully saturated rings. The lowest BCUT2D eigenvalue weighted by Gasteiger charge is -2.13. The molecule has 0 radical (unpaired) electrons. The van der Waals surface area contributed by atoms with Crippen LogP contribution < -0.4 is 10.1 Å². The summed E-state index contributed by atoms with van der Waals surface area (Å²) < 4.78 is 10.6. The van der Waals surface area contributed by atoms with Crippen LogP contribution in [0.3, 0.4) is 0 Å². The number of nitrogens with one attached hydrogen (secondary N) is 1. The first-order valence-electron chi connectivity index (χ1n) is 8.13. The number of esters is 1. The van der Waals surface area contributed by atoms with E-state index in [1.807, 2.05) is 0 Å². The number of nitro groups is 1. The van der Waals surface area contributed by atoms with E-state index in [0.717, 1.165) is 0 Å². The lowest BCUT2D eigenvalue weighted by molar-refractivity contribution is -0.385. The highest BCUT2D eigenvalue weighted by Gasteiger charge is 2.19. The van der Waals surface area contributed by atoms with Crippen LogP contribution in [0.25, 0.3) is 0 Å².